The van der Waals surface area contributed by atoms with Crippen molar-refractivity contribution in [2.24, 2.45) is 0 Å². The summed E-state index contributed by atoms with van der Waals surface area (Å²) in [6, 6.07) is 8.38. The van der Waals surface area contributed by atoms with E-state index in [9.17, 15) is 4.79 Å². The second-order valence-corrected chi connectivity index (χ2v) is 6.91. The second-order valence-electron chi connectivity index (χ2n) is 6.91. The van der Waals surface area contributed by atoms with Crippen molar-refractivity contribution in [3.63, 3.8) is 0 Å². The lowest BCUT2D eigenvalue weighted by Crippen LogP contribution is -2.35. The molecule has 1 aliphatic rings. The Hall–Kier alpha value is -2.69. The zero-order valence-corrected chi connectivity index (χ0v) is 14.6. The summed E-state index contributed by atoms with van der Waals surface area (Å²) in [7, 11) is 1.89. The maximum atomic E-state index is 12.6. The molecule has 0 spiro atoms. The quantitative estimate of drug-likeness (QED) is 0.789. The van der Waals surface area contributed by atoms with Gasteiger partial charge in [-0.15, -0.1) is 0 Å². The summed E-state index contributed by atoms with van der Waals surface area (Å²) >= 11 is 0. The highest BCUT2D eigenvalue weighted by molar-refractivity contribution is 5.93. The highest BCUT2D eigenvalue weighted by Gasteiger charge is 2.24. The van der Waals surface area contributed by atoms with E-state index in [1.807, 2.05) is 30.3 Å². The smallest absolute Gasteiger partial charge is 0.272 e. The van der Waals surface area contributed by atoms with Gasteiger partial charge in [-0.05, 0) is 49.1 Å². The Morgan fingerprint density at radius 2 is 2.00 bits per heavy atom. The fourth-order valence-corrected chi connectivity index (χ4v) is 3.73. The third-order valence-electron chi connectivity index (χ3n) is 5.27. The molecule has 128 valence electrons. The van der Waals surface area contributed by atoms with Gasteiger partial charge in [-0.1, -0.05) is 18.9 Å². The highest BCUT2D eigenvalue weighted by Crippen LogP contribution is 2.28. The first-order valence-electron chi connectivity index (χ1n) is 8.81. The fraction of sp³-hybridized carbons (Fsp3) is 0.350. The van der Waals surface area contributed by atoms with Gasteiger partial charge in [0.25, 0.3) is 5.91 Å². The van der Waals surface area contributed by atoms with Crippen LogP contribution in [0.5, 0.6) is 0 Å². The molecule has 25 heavy (non-hydrogen) atoms. The van der Waals surface area contributed by atoms with Crippen molar-refractivity contribution in [2.75, 3.05) is 7.05 Å². The van der Waals surface area contributed by atoms with Gasteiger partial charge in [-0.2, -0.15) is 5.10 Å². The predicted octanol–water partition coefficient (Wildman–Crippen LogP) is 3.95. The molecule has 1 saturated carbocycles. The van der Waals surface area contributed by atoms with Crippen LogP contribution >= 0.6 is 0 Å². The lowest BCUT2D eigenvalue weighted by atomic mass is 10.00. The SMILES string of the molecule is Cc1cc2[nH]ncc2cc1-c1ccc(C(=O)N(C)C2CCCC2)nc1. The molecule has 0 saturated heterocycles. The number of aromatic amines is 1. The van der Waals surface area contributed by atoms with Crippen molar-refractivity contribution >= 4 is 16.8 Å². The molecule has 1 aromatic carbocycles. The van der Waals surface area contributed by atoms with E-state index >= 15 is 0 Å². The number of fused-ring (bicyclic) bond motifs is 1. The number of amides is 1. The Labute approximate surface area is 147 Å². The number of hydrogen-bond acceptors (Lipinski definition) is 3. The molecule has 2 aromatic heterocycles. The molecule has 0 unspecified atom stereocenters. The van der Waals surface area contributed by atoms with Gasteiger partial charge in [0.15, 0.2) is 0 Å². The van der Waals surface area contributed by atoms with E-state index in [0.29, 0.717) is 11.7 Å². The van der Waals surface area contributed by atoms with E-state index in [1.54, 1.807) is 6.20 Å². The third kappa shape index (κ3) is 2.90. The lowest BCUT2D eigenvalue weighted by molar-refractivity contribution is 0.0729. The van der Waals surface area contributed by atoms with E-state index in [1.165, 1.54) is 12.8 Å². The molecule has 1 amide bonds. The Morgan fingerprint density at radius 3 is 2.72 bits per heavy atom. The minimum absolute atomic E-state index is 0.0143. The average Bonchev–Trinajstić information content (AvgIpc) is 3.31. The van der Waals surface area contributed by atoms with Crippen molar-refractivity contribution in [1.29, 1.82) is 0 Å². The Balaban J connectivity index is 1.60. The number of rotatable bonds is 3. The van der Waals surface area contributed by atoms with E-state index in [0.717, 1.165) is 40.4 Å². The Kier molecular flexibility index (Phi) is 3.99. The van der Waals surface area contributed by atoms with Crippen LogP contribution in [0.15, 0.2) is 36.7 Å². The first kappa shape index (κ1) is 15.8. The first-order chi connectivity index (χ1) is 12.1. The number of hydrogen-bond donors (Lipinski definition) is 1. The number of nitrogens with zero attached hydrogens (tertiary/aromatic N) is 3. The van der Waals surface area contributed by atoms with Gasteiger partial charge in [0, 0.05) is 30.2 Å². The maximum Gasteiger partial charge on any atom is 0.272 e. The molecule has 0 radical (unpaired) electrons. The maximum absolute atomic E-state index is 12.6. The van der Waals surface area contributed by atoms with E-state index in [-0.39, 0.29) is 5.91 Å². The minimum Gasteiger partial charge on any atom is -0.337 e. The largest absolute Gasteiger partial charge is 0.337 e. The Morgan fingerprint density at radius 1 is 1.20 bits per heavy atom. The summed E-state index contributed by atoms with van der Waals surface area (Å²) in [5.74, 6) is 0.0143. The number of carbonyl (C=O) groups is 1. The molecule has 1 aliphatic carbocycles. The predicted molar refractivity (Wildman–Crippen MR) is 98.4 cm³/mol. The van der Waals surface area contributed by atoms with Crippen LogP contribution in [0.1, 0.15) is 41.7 Å². The summed E-state index contributed by atoms with van der Waals surface area (Å²) < 4.78 is 0. The van der Waals surface area contributed by atoms with Gasteiger partial charge in [-0.3, -0.25) is 14.9 Å². The van der Waals surface area contributed by atoms with Crippen molar-refractivity contribution < 1.29 is 4.79 Å². The van der Waals surface area contributed by atoms with Crippen LogP contribution in [0.2, 0.25) is 0 Å². The molecular weight excluding hydrogens is 312 g/mol. The van der Waals surface area contributed by atoms with E-state index in [4.69, 9.17) is 0 Å². The van der Waals surface area contributed by atoms with Gasteiger partial charge in [0.05, 0.1) is 11.7 Å². The number of aryl methyl sites for hydroxylation is 1. The normalized spacial score (nSPS) is 15.0. The number of pyridine rings is 1. The van der Waals surface area contributed by atoms with Crippen LogP contribution in [0.25, 0.3) is 22.0 Å². The monoisotopic (exact) mass is 334 g/mol. The van der Waals surface area contributed by atoms with Crippen molar-refractivity contribution in [2.45, 2.75) is 38.6 Å². The van der Waals surface area contributed by atoms with Crippen LogP contribution in [-0.4, -0.2) is 39.1 Å². The van der Waals surface area contributed by atoms with Gasteiger partial charge >= 0.3 is 0 Å². The molecule has 3 aromatic rings. The molecule has 0 bridgehead atoms. The second kappa shape index (κ2) is 6.31. The summed E-state index contributed by atoms with van der Waals surface area (Å²) in [5, 5.41) is 8.14. The van der Waals surface area contributed by atoms with Crippen LogP contribution in [0, 0.1) is 6.92 Å². The number of aromatic nitrogens is 3. The first-order valence-corrected chi connectivity index (χ1v) is 8.81. The highest BCUT2D eigenvalue weighted by atomic mass is 16.2. The van der Waals surface area contributed by atoms with Crippen LogP contribution in [0.3, 0.4) is 0 Å². The third-order valence-corrected chi connectivity index (χ3v) is 5.27. The van der Waals surface area contributed by atoms with Gasteiger partial charge in [0.2, 0.25) is 0 Å². The number of H-pyrrole nitrogens is 1. The molecule has 1 fully saturated rings. The van der Waals surface area contributed by atoms with Crippen molar-refractivity contribution in [3.8, 4) is 11.1 Å². The fourth-order valence-electron chi connectivity index (χ4n) is 3.73. The summed E-state index contributed by atoms with van der Waals surface area (Å²) in [6.07, 6.45) is 8.24. The zero-order chi connectivity index (χ0) is 17.4. The molecule has 1 N–H and O–H groups in total. The van der Waals surface area contributed by atoms with E-state index < -0.39 is 0 Å². The minimum atomic E-state index is 0.0143. The summed E-state index contributed by atoms with van der Waals surface area (Å²) in [6.45, 7) is 2.07. The summed E-state index contributed by atoms with van der Waals surface area (Å²) in [4.78, 5) is 18.9. The van der Waals surface area contributed by atoms with Crippen molar-refractivity contribution in [3.05, 3.63) is 47.9 Å². The van der Waals surface area contributed by atoms with Gasteiger partial charge in [0.1, 0.15) is 5.69 Å². The van der Waals surface area contributed by atoms with Crippen LogP contribution in [-0.2, 0) is 0 Å². The summed E-state index contributed by atoms with van der Waals surface area (Å²) in [5.41, 5.74) is 4.82. The number of carbonyl (C=O) groups excluding carboxylic acids is 1. The molecule has 4 rings (SSSR count). The van der Waals surface area contributed by atoms with Gasteiger partial charge < -0.3 is 4.90 Å². The molecule has 5 nitrogen and oxygen atoms in total. The van der Waals surface area contributed by atoms with Crippen molar-refractivity contribution in [1.82, 2.24) is 20.1 Å². The van der Waals surface area contributed by atoms with E-state index in [2.05, 4.69) is 34.2 Å². The molecular formula is C20H22N4O. The number of benzene rings is 1. The molecule has 0 atom stereocenters. The molecule has 2 heterocycles. The standard InChI is InChI=1S/C20H22N4O/c1-13-9-19-15(12-22-23-19)10-17(13)14-7-8-18(21-11-14)20(25)24(2)16-5-3-4-6-16/h7-12,16H,3-6H2,1-2H3,(H,22,23). The zero-order valence-electron chi connectivity index (χ0n) is 14.6. The van der Waals surface area contributed by atoms with Crippen LogP contribution < -0.4 is 0 Å². The molecule has 5 heteroatoms. The number of nitrogens with one attached hydrogen (secondary N) is 1. The van der Waals surface area contributed by atoms with Gasteiger partial charge in [-0.25, -0.2) is 0 Å². The average molecular weight is 334 g/mol. The topological polar surface area (TPSA) is 61.9 Å². The van der Waals surface area contributed by atoms with Crippen LogP contribution in [0.4, 0.5) is 0 Å². The molecule has 0 aliphatic heterocycles. The Bertz CT molecular complexity index is 907. The lowest BCUT2D eigenvalue weighted by Gasteiger charge is -2.23.